The molecule has 0 aliphatic rings. The maximum atomic E-state index is 4.02. The number of benzene rings is 1. The number of hydrogen-bond donors (Lipinski definition) is 1. The number of aromatic nitrogens is 1. The van der Waals surface area contributed by atoms with Crippen LogP contribution in [0.2, 0.25) is 0 Å². The molecule has 0 aliphatic heterocycles. The molecule has 1 N–H and O–H groups in total. The van der Waals surface area contributed by atoms with Gasteiger partial charge in [0.05, 0.1) is 0 Å². The Hall–Kier alpha value is -1.19. The Morgan fingerprint density at radius 2 is 1.76 bits per heavy atom. The molecule has 88 valence electrons. The van der Waals surface area contributed by atoms with Crippen molar-refractivity contribution in [2.75, 3.05) is 0 Å². The van der Waals surface area contributed by atoms with Crippen LogP contribution in [0.5, 0.6) is 0 Å². The Kier molecular flexibility index (Phi) is 4.29. The van der Waals surface area contributed by atoms with Crippen LogP contribution < -0.4 is 5.32 Å². The number of halogens is 1. The van der Waals surface area contributed by atoms with Crippen LogP contribution >= 0.6 is 15.9 Å². The van der Waals surface area contributed by atoms with Crippen molar-refractivity contribution in [3.05, 3.63) is 64.4 Å². The number of nitrogens with zero attached hydrogens (tertiary/aromatic N) is 1. The normalized spacial score (nSPS) is 12.4. The minimum absolute atomic E-state index is 0.335. The van der Waals surface area contributed by atoms with E-state index in [1.807, 2.05) is 24.5 Å². The second kappa shape index (κ2) is 5.94. The predicted octanol–water partition coefficient (Wildman–Crippen LogP) is 3.69. The van der Waals surface area contributed by atoms with E-state index in [1.165, 1.54) is 11.1 Å². The van der Waals surface area contributed by atoms with Crippen LogP contribution in [0.3, 0.4) is 0 Å². The molecule has 2 nitrogen and oxygen atoms in total. The second-order valence-electron chi connectivity index (χ2n) is 4.01. The van der Waals surface area contributed by atoms with Gasteiger partial charge in [-0.25, -0.2) is 0 Å². The lowest BCUT2D eigenvalue weighted by molar-refractivity contribution is 0.574. The fraction of sp³-hybridized carbons (Fsp3) is 0.214. The van der Waals surface area contributed by atoms with Crippen LogP contribution in [-0.4, -0.2) is 4.98 Å². The first-order chi connectivity index (χ1) is 8.25. The van der Waals surface area contributed by atoms with Gasteiger partial charge in [0.2, 0.25) is 0 Å². The summed E-state index contributed by atoms with van der Waals surface area (Å²) in [4.78, 5) is 4.02. The summed E-state index contributed by atoms with van der Waals surface area (Å²) in [6.07, 6.45) is 3.65. The maximum Gasteiger partial charge on any atom is 0.0296 e. The molecule has 2 rings (SSSR count). The molecule has 0 saturated heterocycles. The summed E-state index contributed by atoms with van der Waals surface area (Å²) in [7, 11) is 0. The van der Waals surface area contributed by atoms with Gasteiger partial charge in [-0.2, -0.15) is 0 Å². The number of nitrogens with one attached hydrogen (secondary N) is 1. The average Bonchev–Trinajstić information content (AvgIpc) is 2.39. The zero-order valence-electron chi connectivity index (χ0n) is 9.73. The van der Waals surface area contributed by atoms with Crippen molar-refractivity contribution < 1.29 is 0 Å². The molecule has 17 heavy (non-hydrogen) atoms. The van der Waals surface area contributed by atoms with E-state index in [4.69, 9.17) is 0 Å². The molecule has 0 fully saturated rings. The molecular weight excluding hydrogens is 276 g/mol. The van der Waals surface area contributed by atoms with Gasteiger partial charge in [0.1, 0.15) is 0 Å². The Labute approximate surface area is 110 Å². The van der Waals surface area contributed by atoms with Gasteiger partial charge in [0.25, 0.3) is 0 Å². The van der Waals surface area contributed by atoms with Crippen molar-refractivity contribution in [1.82, 2.24) is 10.3 Å². The first kappa shape index (κ1) is 12.3. The van der Waals surface area contributed by atoms with Gasteiger partial charge in [-0.15, -0.1) is 0 Å². The van der Waals surface area contributed by atoms with Crippen LogP contribution in [0.1, 0.15) is 24.1 Å². The van der Waals surface area contributed by atoms with Crippen molar-refractivity contribution in [2.45, 2.75) is 19.5 Å². The monoisotopic (exact) mass is 290 g/mol. The van der Waals surface area contributed by atoms with Crippen LogP contribution in [-0.2, 0) is 6.54 Å². The van der Waals surface area contributed by atoms with Crippen LogP contribution in [0, 0.1) is 0 Å². The molecule has 1 heterocycles. The van der Waals surface area contributed by atoms with Crippen LogP contribution in [0.25, 0.3) is 0 Å². The van der Waals surface area contributed by atoms with Crippen molar-refractivity contribution >= 4 is 15.9 Å². The summed E-state index contributed by atoms with van der Waals surface area (Å²) in [6.45, 7) is 3.03. The molecule has 0 spiro atoms. The molecule has 1 atom stereocenters. The van der Waals surface area contributed by atoms with Crippen molar-refractivity contribution in [2.24, 2.45) is 0 Å². The predicted molar refractivity (Wildman–Crippen MR) is 73.6 cm³/mol. The highest BCUT2D eigenvalue weighted by Crippen LogP contribution is 2.13. The van der Waals surface area contributed by atoms with E-state index < -0.39 is 0 Å². The number of rotatable bonds is 4. The topological polar surface area (TPSA) is 24.9 Å². The summed E-state index contributed by atoms with van der Waals surface area (Å²) in [6, 6.07) is 12.8. The van der Waals surface area contributed by atoms with E-state index in [9.17, 15) is 0 Å². The van der Waals surface area contributed by atoms with Crippen molar-refractivity contribution in [3.8, 4) is 0 Å². The van der Waals surface area contributed by atoms with Crippen molar-refractivity contribution in [1.29, 1.82) is 0 Å². The SMILES string of the molecule is C[C@H](NCc1ccc(Br)cc1)c1ccncc1. The van der Waals surface area contributed by atoms with E-state index in [1.54, 1.807) is 0 Å². The lowest BCUT2D eigenvalue weighted by Crippen LogP contribution is -2.17. The lowest BCUT2D eigenvalue weighted by atomic mass is 10.1. The van der Waals surface area contributed by atoms with Gasteiger partial charge in [0.15, 0.2) is 0 Å². The lowest BCUT2D eigenvalue weighted by Gasteiger charge is -2.14. The van der Waals surface area contributed by atoms with E-state index in [2.05, 4.69) is 57.4 Å². The molecule has 0 bridgehead atoms. The van der Waals surface area contributed by atoms with Gasteiger partial charge in [-0.1, -0.05) is 28.1 Å². The fourth-order valence-corrected chi connectivity index (χ4v) is 1.91. The quantitative estimate of drug-likeness (QED) is 0.929. The fourth-order valence-electron chi connectivity index (χ4n) is 1.64. The largest absolute Gasteiger partial charge is 0.306 e. The molecule has 0 amide bonds. The average molecular weight is 291 g/mol. The summed E-state index contributed by atoms with van der Waals surface area (Å²) < 4.78 is 1.11. The van der Waals surface area contributed by atoms with Gasteiger partial charge < -0.3 is 5.32 Å². The van der Waals surface area contributed by atoms with Crippen LogP contribution in [0.15, 0.2) is 53.3 Å². The van der Waals surface area contributed by atoms with E-state index >= 15 is 0 Å². The standard InChI is InChI=1S/C14H15BrN2/c1-11(13-6-8-16-9-7-13)17-10-12-2-4-14(15)5-3-12/h2-9,11,17H,10H2,1H3/t11-/m0/s1. The minimum atomic E-state index is 0.335. The summed E-state index contributed by atoms with van der Waals surface area (Å²) >= 11 is 3.43. The molecule has 0 saturated carbocycles. The molecule has 2 aromatic rings. The Morgan fingerprint density at radius 1 is 1.12 bits per heavy atom. The molecule has 1 aromatic heterocycles. The summed E-state index contributed by atoms with van der Waals surface area (Å²) in [5.74, 6) is 0. The van der Waals surface area contributed by atoms with Crippen molar-refractivity contribution in [3.63, 3.8) is 0 Å². The Balaban J connectivity index is 1.92. The first-order valence-electron chi connectivity index (χ1n) is 5.63. The number of hydrogen-bond acceptors (Lipinski definition) is 2. The Morgan fingerprint density at radius 3 is 2.41 bits per heavy atom. The first-order valence-corrected chi connectivity index (χ1v) is 6.43. The van der Waals surface area contributed by atoms with Gasteiger partial charge >= 0.3 is 0 Å². The third kappa shape index (κ3) is 3.65. The molecule has 1 aromatic carbocycles. The second-order valence-corrected chi connectivity index (χ2v) is 4.93. The zero-order valence-corrected chi connectivity index (χ0v) is 11.3. The highest BCUT2D eigenvalue weighted by atomic mass is 79.9. The molecule has 3 heteroatoms. The van der Waals surface area contributed by atoms with E-state index in [0.29, 0.717) is 6.04 Å². The Bertz CT molecular complexity index is 453. The minimum Gasteiger partial charge on any atom is -0.306 e. The van der Waals surface area contributed by atoms with Crippen LogP contribution in [0.4, 0.5) is 0 Å². The smallest absolute Gasteiger partial charge is 0.0296 e. The third-order valence-electron chi connectivity index (χ3n) is 2.73. The van der Waals surface area contributed by atoms with Gasteiger partial charge in [-0.3, -0.25) is 4.98 Å². The summed E-state index contributed by atoms with van der Waals surface area (Å²) in [5.41, 5.74) is 2.55. The van der Waals surface area contributed by atoms with Gasteiger partial charge in [-0.05, 0) is 42.3 Å². The highest BCUT2D eigenvalue weighted by Gasteiger charge is 2.03. The zero-order chi connectivity index (χ0) is 12.1. The summed E-state index contributed by atoms with van der Waals surface area (Å²) in [5, 5.41) is 3.49. The number of pyridine rings is 1. The molecular formula is C14H15BrN2. The molecule has 0 aliphatic carbocycles. The maximum absolute atomic E-state index is 4.02. The molecule has 0 radical (unpaired) electrons. The highest BCUT2D eigenvalue weighted by molar-refractivity contribution is 9.10. The van der Waals surface area contributed by atoms with Gasteiger partial charge in [0, 0.05) is 29.5 Å². The van der Waals surface area contributed by atoms with E-state index in [-0.39, 0.29) is 0 Å². The third-order valence-corrected chi connectivity index (χ3v) is 3.26. The molecule has 0 unspecified atom stereocenters. The van der Waals surface area contributed by atoms with E-state index in [0.717, 1.165) is 11.0 Å².